The van der Waals surface area contributed by atoms with Crippen LogP contribution in [-0.2, 0) is 13.0 Å². The summed E-state index contributed by atoms with van der Waals surface area (Å²) in [5, 5.41) is 14.9. The van der Waals surface area contributed by atoms with Crippen LogP contribution >= 0.6 is 0 Å². The van der Waals surface area contributed by atoms with Gasteiger partial charge in [0, 0.05) is 18.8 Å². The molecular formula is C21H26N6O. The minimum absolute atomic E-state index is 0.437. The summed E-state index contributed by atoms with van der Waals surface area (Å²) >= 11 is 0. The van der Waals surface area contributed by atoms with Crippen molar-refractivity contribution in [3.63, 3.8) is 0 Å². The van der Waals surface area contributed by atoms with E-state index < -0.39 is 0 Å². The van der Waals surface area contributed by atoms with Crippen LogP contribution in [0, 0.1) is 0 Å². The highest BCUT2D eigenvalue weighted by Crippen LogP contribution is 2.11. The van der Waals surface area contributed by atoms with Crippen LogP contribution in [-0.4, -0.2) is 40.9 Å². The number of nitrogens with one attached hydrogen (secondary N) is 2. The summed E-state index contributed by atoms with van der Waals surface area (Å²) in [7, 11) is 1.67. The van der Waals surface area contributed by atoms with Gasteiger partial charge in [-0.3, -0.25) is 4.57 Å². The van der Waals surface area contributed by atoms with Crippen LogP contribution in [0.5, 0.6) is 5.75 Å². The van der Waals surface area contributed by atoms with Gasteiger partial charge in [-0.15, -0.1) is 10.2 Å². The van der Waals surface area contributed by atoms with Crippen LogP contribution in [0.2, 0.25) is 0 Å². The van der Waals surface area contributed by atoms with Crippen molar-refractivity contribution < 1.29 is 4.74 Å². The number of guanidine groups is 1. The van der Waals surface area contributed by atoms with Gasteiger partial charge in [-0.1, -0.05) is 30.3 Å². The molecule has 0 bridgehead atoms. The van der Waals surface area contributed by atoms with Crippen molar-refractivity contribution in [2.75, 3.05) is 20.2 Å². The maximum Gasteiger partial charge on any atom is 0.191 e. The minimum Gasteiger partial charge on any atom is -0.497 e. The van der Waals surface area contributed by atoms with E-state index in [1.807, 2.05) is 54.0 Å². The van der Waals surface area contributed by atoms with Crippen molar-refractivity contribution in [3.8, 4) is 11.4 Å². The maximum atomic E-state index is 5.19. The van der Waals surface area contributed by atoms with Gasteiger partial charge in [-0.2, -0.15) is 0 Å². The number of benzene rings is 2. The fourth-order valence-corrected chi connectivity index (χ4v) is 2.78. The van der Waals surface area contributed by atoms with Gasteiger partial charge >= 0.3 is 0 Å². The average Bonchev–Trinajstić information content (AvgIpc) is 3.22. The Labute approximate surface area is 165 Å². The van der Waals surface area contributed by atoms with E-state index in [9.17, 15) is 0 Å². The van der Waals surface area contributed by atoms with Crippen LogP contribution in [0.3, 0.4) is 0 Å². The van der Waals surface area contributed by atoms with Gasteiger partial charge in [0.15, 0.2) is 11.8 Å². The quantitative estimate of drug-likeness (QED) is 0.465. The second kappa shape index (κ2) is 10.1. The van der Waals surface area contributed by atoms with Gasteiger partial charge in [0.2, 0.25) is 0 Å². The monoisotopic (exact) mass is 378 g/mol. The zero-order valence-corrected chi connectivity index (χ0v) is 16.3. The molecule has 0 fully saturated rings. The fourth-order valence-electron chi connectivity index (χ4n) is 2.78. The standard InChI is InChI=1S/C21H26N6O/c1-3-22-21(23-14-13-17-9-11-19(28-2)12-10-17)24-15-20-26-25-16-27(20)18-7-5-4-6-8-18/h4-12,16H,3,13-15H2,1-2H3,(H2,22,23,24). The topological polar surface area (TPSA) is 76.4 Å². The van der Waals surface area contributed by atoms with Crippen LogP contribution in [0.25, 0.3) is 5.69 Å². The van der Waals surface area contributed by atoms with E-state index in [0.717, 1.165) is 42.7 Å². The van der Waals surface area contributed by atoms with Crippen molar-refractivity contribution >= 4 is 5.96 Å². The number of para-hydroxylation sites is 1. The lowest BCUT2D eigenvalue weighted by Gasteiger charge is -2.12. The highest BCUT2D eigenvalue weighted by Gasteiger charge is 2.06. The molecule has 28 heavy (non-hydrogen) atoms. The van der Waals surface area contributed by atoms with Crippen molar-refractivity contribution in [2.45, 2.75) is 19.9 Å². The number of hydrogen-bond acceptors (Lipinski definition) is 4. The van der Waals surface area contributed by atoms with Gasteiger partial charge in [-0.25, -0.2) is 4.99 Å². The van der Waals surface area contributed by atoms with Gasteiger partial charge < -0.3 is 15.4 Å². The molecule has 0 amide bonds. The number of hydrogen-bond donors (Lipinski definition) is 2. The second-order valence-corrected chi connectivity index (χ2v) is 6.17. The van der Waals surface area contributed by atoms with Crippen molar-refractivity contribution in [1.82, 2.24) is 25.4 Å². The number of ether oxygens (including phenoxy) is 1. The van der Waals surface area contributed by atoms with E-state index in [1.54, 1.807) is 13.4 Å². The molecule has 1 heterocycles. The highest BCUT2D eigenvalue weighted by molar-refractivity contribution is 5.79. The Kier molecular flexibility index (Phi) is 7.01. The first-order valence-corrected chi connectivity index (χ1v) is 9.39. The van der Waals surface area contributed by atoms with Crippen molar-refractivity contribution in [2.24, 2.45) is 4.99 Å². The third-order valence-corrected chi connectivity index (χ3v) is 4.24. The molecular weight excluding hydrogens is 352 g/mol. The summed E-state index contributed by atoms with van der Waals surface area (Å²) in [6.07, 6.45) is 2.61. The Morgan fingerprint density at radius 2 is 1.86 bits per heavy atom. The Hall–Kier alpha value is -3.35. The largest absolute Gasteiger partial charge is 0.497 e. The molecule has 0 aliphatic carbocycles. The van der Waals surface area contributed by atoms with E-state index in [2.05, 4.69) is 38.0 Å². The molecule has 0 aliphatic heterocycles. The van der Waals surface area contributed by atoms with Crippen LogP contribution in [0.1, 0.15) is 18.3 Å². The summed E-state index contributed by atoms with van der Waals surface area (Å²) in [5.74, 6) is 2.42. The SMILES string of the molecule is CCNC(=NCc1nncn1-c1ccccc1)NCCc1ccc(OC)cc1. The molecule has 0 saturated heterocycles. The zero-order chi connectivity index (χ0) is 19.6. The van der Waals surface area contributed by atoms with E-state index >= 15 is 0 Å². The fraction of sp³-hybridized carbons (Fsp3) is 0.286. The molecule has 0 saturated carbocycles. The summed E-state index contributed by atoms with van der Waals surface area (Å²) < 4.78 is 7.14. The lowest BCUT2D eigenvalue weighted by molar-refractivity contribution is 0.414. The minimum atomic E-state index is 0.437. The first-order valence-electron chi connectivity index (χ1n) is 9.39. The molecule has 1 aromatic heterocycles. The number of rotatable bonds is 8. The molecule has 7 nitrogen and oxygen atoms in total. The summed E-state index contributed by atoms with van der Waals surface area (Å²) in [6.45, 7) is 4.06. The average molecular weight is 378 g/mol. The Morgan fingerprint density at radius 3 is 2.57 bits per heavy atom. The Bertz CT molecular complexity index is 873. The first-order chi connectivity index (χ1) is 13.8. The number of methoxy groups -OCH3 is 1. The lowest BCUT2D eigenvalue weighted by Crippen LogP contribution is -2.38. The first kappa shape index (κ1) is 19.4. The lowest BCUT2D eigenvalue weighted by atomic mass is 10.1. The molecule has 2 N–H and O–H groups in total. The molecule has 0 unspecified atom stereocenters. The van der Waals surface area contributed by atoms with E-state index in [4.69, 9.17) is 4.74 Å². The molecule has 2 aromatic carbocycles. The van der Waals surface area contributed by atoms with Gasteiger partial charge in [0.25, 0.3) is 0 Å². The number of aromatic nitrogens is 3. The van der Waals surface area contributed by atoms with Gasteiger partial charge in [0.1, 0.15) is 18.6 Å². The normalized spacial score (nSPS) is 11.3. The third kappa shape index (κ3) is 5.33. The molecule has 0 radical (unpaired) electrons. The molecule has 3 rings (SSSR count). The Morgan fingerprint density at radius 1 is 1.07 bits per heavy atom. The van der Waals surface area contributed by atoms with E-state index in [1.165, 1.54) is 5.56 Å². The van der Waals surface area contributed by atoms with Gasteiger partial charge in [0.05, 0.1) is 7.11 Å². The summed E-state index contributed by atoms with van der Waals surface area (Å²) in [5.41, 5.74) is 2.27. The Balaban J connectivity index is 1.59. The number of aliphatic imine (C=N–C) groups is 1. The smallest absolute Gasteiger partial charge is 0.191 e. The van der Waals surface area contributed by atoms with E-state index in [0.29, 0.717) is 6.54 Å². The van der Waals surface area contributed by atoms with Crippen molar-refractivity contribution in [1.29, 1.82) is 0 Å². The molecule has 146 valence electrons. The second-order valence-electron chi connectivity index (χ2n) is 6.17. The maximum absolute atomic E-state index is 5.19. The van der Waals surface area contributed by atoms with Crippen LogP contribution in [0.4, 0.5) is 0 Å². The van der Waals surface area contributed by atoms with Gasteiger partial charge in [-0.05, 0) is 43.2 Å². The predicted octanol–water partition coefficient (Wildman–Crippen LogP) is 2.57. The van der Waals surface area contributed by atoms with Crippen molar-refractivity contribution in [3.05, 3.63) is 72.3 Å². The molecule has 7 heteroatoms. The predicted molar refractivity (Wildman–Crippen MR) is 111 cm³/mol. The zero-order valence-electron chi connectivity index (χ0n) is 16.3. The molecule has 3 aromatic rings. The third-order valence-electron chi connectivity index (χ3n) is 4.24. The molecule has 0 atom stereocenters. The highest BCUT2D eigenvalue weighted by atomic mass is 16.5. The molecule has 0 aliphatic rings. The van der Waals surface area contributed by atoms with Crippen LogP contribution in [0.15, 0.2) is 65.9 Å². The summed E-state index contributed by atoms with van der Waals surface area (Å²) in [4.78, 5) is 4.65. The summed E-state index contributed by atoms with van der Waals surface area (Å²) in [6, 6.07) is 18.1. The molecule has 0 spiro atoms. The van der Waals surface area contributed by atoms with E-state index in [-0.39, 0.29) is 0 Å². The van der Waals surface area contributed by atoms with Crippen LogP contribution < -0.4 is 15.4 Å². The number of nitrogens with zero attached hydrogens (tertiary/aromatic N) is 4.